The second kappa shape index (κ2) is 4.27. The molecule has 0 aliphatic carbocycles. The zero-order valence-electron chi connectivity index (χ0n) is 12.5. The van der Waals surface area contributed by atoms with Crippen LogP contribution >= 0.6 is 0 Å². The summed E-state index contributed by atoms with van der Waals surface area (Å²) in [6.07, 6.45) is 0. The van der Waals surface area contributed by atoms with Crippen molar-refractivity contribution in [2.24, 2.45) is 7.05 Å². The van der Waals surface area contributed by atoms with E-state index in [2.05, 4.69) is 59.2 Å². The van der Waals surface area contributed by atoms with E-state index in [9.17, 15) is 0 Å². The number of benzene rings is 1. The minimum Gasteiger partial charge on any atom is -0.335 e. The van der Waals surface area contributed by atoms with E-state index in [1.54, 1.807) is 0 Å². The number of imidazole rings is 1. The van der Waals surface area contributed by atoms with Crippen LogP contribution in [0, 0.1) is 41.5 Å². The fourth-order valence-corrected chi connectivity index (χ4v) is 2.43. The number of hydrogen-bond acceptors (Lipinski definition) is 1. The SMILES string of the molecule is Cc1cc(-c2nc(C)n(C)c2C)c(C)c(C)c1C. The monoisotopic (exact) mass is 242 g/mol. The molecule has 0 fully saturated rings. The van der Waals surface area contributed by atoms with E-state index < -0.39 is 0 Å². The first kappa shape index (κ1) is 12.9. The molecule has 0 aliphatic rings. The van der Waals surface area contributed by atoms with Crippen LogP contribution in [0.4, 0.5) is 0 Å². The molecule has 0 saturated carbocycles. The van der Waals surface area contributed by atoms with Crippen molar-refractivity contribution in [1.29, 1.82) is 0 Å². The quantitative estimate of drug-likeness (QED) is 0.740. The predicted molar refractivity (Wildman–Crippen MR) is 77.1 cm³/mol. The molecule has 0 spiro atoms. The molecular formula is C16H22N2. The Balaban J connectivity index is 2.76. The Morgan fingerprint density at radius 1 is 0.889 bits per heavy atom. The topological polar surface area (TPSA) is 17.8 Å². The molecule has 0 aliphatic heterocycles. The molecule has 2 aromatic rings. The Bertz CT molecular complexity index is 619. The fourth-order valence-electron chi connectivity index (χ4n) is 2.43. The molecule has 1 aromatic heterocycles. The molecular weight excluding hydrogens is 220 g/mol. The van der Waals surface area contributed by atoms with Crippen molar-refractivity contribution in [2.75, 3.05) is 0 Å². The van der Waals surface area contributed by atoms with Crippen LogP contribution in [-0.4, -0.2) is 9.55 Å². The highest BCUT2D eigenvalue weighted by Gasteiger charge is 2.15. The summed E-state index contributed by atoms with van der Waals surface area (Å²) < 4.78 is 2.15. The molecule has 0 radical (unpaired) electrons. The lowest BCUT2D eigenvalue weighted by Gasteiger charge is -2.13. The summed E-state index contributed by atoms with van der Waals surface area (Å²) in [5, 5.41) is 0. The summed E-state index contributed by atoms with van der Waals surface area (Å²) in [6, 6.07) is 2.27. The van der Waals surface area contributed by atoms with Crippen molar-refractivity contribution < 1.29 is 0 Å². The molecule has 2 rings (SSSR count). The van der Waals surface area contributed by atoms with Gasteiger partial charge in [0.15, 0.2) is 0 Å². The van der Waals surface area contributed by atoms with Gasteiger partial charge in [0.2, 0.25) is 0 Å². The van der Waals surface area contributed by atoms with Crippen LogP contribution < -0.4 is 0 Å². The Kier molecular flexibility index (Phi) is 3.05. The zero-order valence-corrected chi connectivity index (χ0v) is 12.5. The van der Waals surface area contributed by atoms with E-state index in [1.165, 1.54) is 33.5 Å². The maximum Gasteiger partial charge on any atom is 0.106 e. The number of aryl methyl sites for hydroxylation is 2. The molecule has 2 heteroatoms. The van der Waals surface area contributed by atoms with E-state index >= 15 is 0 Å². The molecule has 0 amide bonds. The van der Waals surface area contributed by atoms with Gasteiger partial charge in [-0.3, -0.25) is 0 Å². The molecule has 0 bridgehead atoms. The molecule has 0 saturated heterocycles. The zero-order chi connectivity index (χ0) is 13.6. The molecule has 1 aromatic carbocycles. The van der Waals surface area contributed by atoms with E-state index in [4.69, 9.17) is 4.98 Å². The third-order valence-electron chi connectivity index (χ3n) is 4.34. The number of aromatic nitrogens is 2. The van der Waals surface area contributed by atoms with Gasteiger partial charge in [0.1, 0.15) is 5.82 Å². The second-order valence-electron chi connectivity index (χ2n) is 5.27. The predicted octanol–water partition coefficient (Wildman–Crippen LogP) is 3.94. The lowest BCUT2D eigenvalue weighted by atomic mass is 9.92. The van der Waals surface area contributed by atoms with Gasteiger partial charge in [-0.1, -0.05) is 0 Å². The van der Waals surface area contributed by atoms with Gasteiger partial charge in [-0.05, 0) is 69.9 Å². The van der Waals surface area contributed by atoms with Crippen molar-refractivity contribution in [3.8, 4) is 11.3 Å². The average Bonchev–Trinajstić information content (AvgIpc) is 2.59. The molecule has 18 heavy (non-hydrogen) atoms. The van der Waals surface area contributed by atoms with E-state index in [0.29, 0.717) is 0 Å². The van der Waals surface area contributed by atoms with Crippen LogP contribution in [0.25, 0.3) is 11.3 Å². The van der Waals surface area contributed by atoms with Gasteiger partial charge in [0.05, 0.1) is 5.69 Å². The highest BCUT2D eigenvalue weighted by molar-refractivity contribution is 5.69. The molecule has 0 N–H and O–H groups in total. The summed E-state index contributed by atoms with van der Waals surface area (Å²) in [5.41, 5.74) is 9.10. The second-order valence-corrected chi connectivity index (χ2v) is 5.27. The summed E-state index contributed by atoms with van der Waals surface area (Å²) in [5.74, 6) is 1.07. The number of hydrogen-bond donors (Lipinski definition) is 0. The highest BCUT2D eigenvalue weighted by atomic mass is 15.1. The van der Waals surface area contributed by atoms with Gasteiger partial charge >= 0.3 is 0 Å². The van der Waals surface area contributed by atoms with Crippen LogP contribution in [-0.2, 0) is 7.05 Å². The number of nitrogens with zero attached hydrogens (tertiary/aromatic N) is 2. The van der Waals surface area contributed by atoms with Gasteiger partial charge in [0.25, 0.3) is 0 Å². The summed E-state index contributed by atoms with van der Waals surface area (Å²) >= 11 is 0. The fraction of sp³-hybridized carbons (Fsp3) is 0.438. The Labute approximate surface area is 110 Å². The number of rotatable bonds is 1. The van der Waals surface area contributed by atoms with E-state index in [1.807, 2.05) is 0 Å². The van der Waals surface area contributed by atoms with Crippen molar-refractivity contribution in [3.63, 3.8) is 0 Å². The van der Waals surface area contributed by atoms with Gasteiger partial charge < -0.3 is 4.57 Å². The third kappa shape index (κ3) is 1.76. The first-order chi connectivity index (χ1) is 8.34. The van der Waals surface area contributed by atoms with Crippen LogP contribution in [0.3, 0.4) is 0 Å². The minimum absolute atomic E-state index is 1.07. The normalized spacial score (nSPS) is 11.1. The Morgan fingerprint density at radius 3 is 2.00 bits per heavy atom. The molecule has 96 valence electrons. The van der Waals surface area contributed by atoms with Crippen molar-refractivity contribution in [1.82, 2.24) is 9.55 Å². The first-order valence-corrected chi connectivity index (χ1v) is 6.42. The van der Waals surface area contributed by atoms with Crippen molar-refractivity contribution in [2.45, 2.75) is 41.5 Å². The van der Waals surface area contributed by atoms with Crippen LogP contribution in [0.5, 0.6) is 0 Å². The largest absolute Gasteiger partial charge is 0.335 e. The molecule has 0 atom stereocenters. The highest BCUT2D eigenvalue weighted by Crippen LogP contribution is 2.31. The average molecular weight is 242 g/mol. The lowest BCUT2D eigenvalue weighted by molar-refractivity contribution is 0.827. The van der Waals surface area contributed by atoms with Gasteiger partial charge in [-0.15, -0.1) is 0 Å². The smallest absolute Gasteiger partial charge is 0.106 e. The lowest BCUT2D eigenvalue weighted by Crippen LogP contribution is -1.97. The van der Waals surface area contributed by atoms with Crippen LogP contribution in [0.1, 0.15) is 33.8 Å². The van der Waals surface area contributed by atoms with Crippen LogP contribution in [0.2, 0.25) is 0 Å². The van der Waals surface area contributed by atoms with Crippen molar-refractivity contribution in [3.05, 3.63) is 39.8 Å². The molecule has 1 heterocycles. The van der Waals surface area contributed by atoms with Gasteiger partial charge in [-0.2, -0.15) is 0 Å². The Morgan fingerprint density at radius 2 is 1.50 bits per heavy atom. The van der Waals surface area contributed by atoms with Gasteiger partial charge in [-0.25, -0.2) is 4.98 Å². The summed E-state index contributed by atoms with van der Waals surface area (Å²) in [6.45, 7) is 13.0. The summed E-state index contributed by atoms with van der Waals surface area (Å²) in [7, 11) is 2.07. The van der Waals surface area contributed by atoms with E-state index in [-0.39, 0.29) is 0 Å². The van der Waals surface area contributed by atoms with Gasteiger partial charge in [0, 0.05) is 18.3 Å². The molecule has 2 nitrogen and oxygen atoms in total. The maximum atomic E-state index is 4.72. The summed E-state index contributed by atoms with van der Waals surface area (Å²) in [4.78, 5) is 4.72. The Hall–Kier alpha value is -1.57. The first-order valence-electron chi connectivity index (χ1n) is 6.42. The standard InChI is InChI=1S/C16H22N2/c1-9-8-15(12(4)11(3)10(9)2)16-13(5)18(7)14(6)17-16/h8H,1-7H3. The molecule has 0 unspecified atom stereocenters. The van der Waals surface area contributed by atoms with Crippen LogP contribution in [0.15, 0.2) is 6.07 Å². The van der Waals surface area contributed by atoms with Crippen molar-refractivity contribution >= 4 is 0 Å². The third-order valence-corrected chi connectivity index (χ3v) is 4.34. The minimum atomic E-state index is 1.07. The maximum absolute atomic E-state index is 4.72. The van der Waals surface area contributed by atoms with E-state index in [0.717, 1.165) is 11.5 Å².